The first-order chi connectivity index (χ1) is 19.3. The fourth-order valence-corrected chi connectivity index (χ4v) is 6.75. The summed E-state index contributed by atoms with van der Waals surface area (Å²) in [4.78, 5) is 49.8. The number of nitrogens with two attached hydrogens (primary N) is 2. The zero-order chi connectivity index (χ0) is 28.9. The molecule has 11 heteroatoms. The van der Waals surface area contributed by atoms with Gasteiger partial charge in [-0.2, -0.15) is 0 Å². The third kappa shape index (κ3) is 5.46. The van der Waals surface area contributed by atoms with Crippen molar-refractivity contribution in [2.45, 2.75) is 69.2 Å². The first-order valence-corrected chi connectivity index (χ1v) is 14.0. The minimum atomic E-state index is -1.57. The molecule has 40 heavy (non-hydrogen) atoms. The van der Waals surface area contributed by atoms with Gasteiger partial charge >= 0.3 is 0 Å². The van der Waals surface area contributed by atoms with Gasteiger partial charge in [0, 0.05) is 24.9 Å². The van der Waals surface area contributed by atoms with E-state index < -0.39 is 29.2 Å². The number of hydrogen-bond donors (Lipinski definition) is 3. The molecule has 2 aromatic rings. The standard InChI is InChI=1S/C29H41N5O6/c1-38-22-13-19(14-23(39-2)25(22)40-3)24(18-9-5-4-6-10-18)27(36)34-12-8-7-11-29(34,28(31)37)21(26(30)35)15-20-16-32-17-33-20/h13-14,16-18,21,24H,4-12,15H2,1-3H3,(H2,30,35)(H2,31,37)(H,32,33)/t21-,24+,29?/m1/s1. The first kappa shape index (κ1) is 29.2. The van der Waals surface area contributed by atoms with Gasteiger partial charge in [-0.3, -0.25) is 14.4 Å². The van der Waals surface area contributed by atoms with Gasteiger partial charge in [-0.15, -0.1) is 0 Å². The van der Waals surface area contributed by atoms with Gasteiger partial charge in [0.15, 0.2) is 11.5 Å². The van der Waals surface area contributed by atoms with Gasteiger partial charge in [0.2, 0.25) is 23.5 Å². The number of likely N-dealkylation sites (tertiary alicyclic amines) is 1. The smallest absolute Gasteiger partial charge is 0.244 e. The summed E-state index contributed by atoms with van der Waals surface area (Å²) in [5, 5.41) is 0. The minimum absolute atomic E-state index is 0.0243. The number of carbonyl (C=O) groups excluding carboxylic acids is 3. The van der Waals surface area contributed by atoms with Crippen LogP contribution in [0.1, 0.15) is 68.5 Å². The fraction of sp³-hybridized carbons (Fsp3) is 0.586. The highest BCUT2D eigenvalue weighted by Crippen LogP contribution is 2.46. The van der Waals surface area contributed by atoms with E-state index in [4.69, 9.17) is 25.7 Å². The number of nitrogens with one attached hydrogen (secondary N) is 1. The molecule has 1 saturated heterocycles. The topological polar surface area (TPSA) is 163 Å². The van der Waals surface area contributed by atoms with E-state index >= 15 is 0 Å². The maximum Gasteiger partial charge on any atom is 0.244 e. The van der Waals surface area contributed by atoms with Gasteiger partial charge in [-0.1, -0.05) is 19.3 Å². The van der Waals surface area contributed by atoms with Crippen LogP contribution >= 0.6 is 0 Å². The molecule has 0 radical (unpaired) electrons. The van der Waals surface area contributed by atoms with E-state index in [9.17, 15) is 14.4 Å². The molecule has 1 aromatic carbocycles. The number of ether oxygens (including phenoxy) is 3. The molecule has 4 rings (SSSR count). The first-order valence-electron chi connectivity index (χ1n) is 14.0. The van der Waals surface area contributed by atoms with E-state index in [1.807, 2.05) is 12.1 Å². The third-order valence-corrected chi connectivity index (χ3v) is 8.70. The van der Waals surface area contributed by atoms with Crippen LogP contribution in [0.2, 0.25) is 0 Å². The Balaban J connectivity index is 1.85. The van der Waals surface area contributed by atoms with Crippen molar-refractivity contribution in [3.05, 3.63) is 35.9 Å². The number of imidazole rings is 1. The lowest BCUT2D eigenvalue weighted by Crippen LogP contribution is -2.68. The van der Waals surface area contributed by atoms with Crippen LogP contribution in [0.15, 0.2) is 24.7 Å². The van der Waals surface area contributed by atoms with E-state index in [0.717, 1.165) is 32.1 Å². The quantitative estimate of drug-likeness (QED) is 0.384. The predicted molar refractivity (Wildman–Crippen MR) is 148 cm³/mol. The van der Waals surface area contributed by atoms with Crippen LogP contribution in [0.3, 0.4) is 0 Å². The number of piperidine rings is 1. The molecule has 2 fully saturated rings. The summed E-state index contributed by atoms with van der Waals surface area (Å²) in [7, 11) is 4.60. The summed E-state index contributed by atoms with van der Waals surface area (Å²) in [5.74, 6) is -1.94. The summed E-state index contributed by atoms with van der Waals surface area (Å²) in [6.07, 6.45) is 9.60. The van der Waals surface area contributed by atoms with Crippen molar-refractivity contribution in [3.63, 3.8) is 0 Å². The fourth-order valence-electron chi connectivity index (χ4n) is 6.75. The lowest BCUT2D eigenvalue weighted by Gasteiger charge is -2.50. The number of benzene rings is 1. The second kappa shape index (κ2) is 12.6. The molecule has 1 aliphatic heterocycles. The Kier molecular flexibility index (Phi) is 9.21. The monoisotopic (exact) mass is 555 g/mol. The number of hydrogen-bond acceptors (Lipinski definition) is 7. The molecule has 2 aliphatic rings. The average Bonchev–Trinajstić information content (AvgIpc) is 3.49. The van der Waals surface area contributed by atoms with Gasteiger partial charge in [0.25, 0.3) is 0 Å². The maximum absolute atomic E-state index is 14.8. The van der Waals surface area contributed by atoms with Crippen LogP contribution in [0.4, 0.5) is 0 Å². The normalized spacial score (nSPS) is 21.3. The van der Waals surface area contributed by atoms with Crippen molar-refractivity contribution in [1.82, 2.24) is 14.9 Å². The highest BCUT2D eigenvalue weighted by molar-refractivity contribution is 5.98. The van der Waals surface area contributed by atoms with Crippen molar-refractivity contribution >= 4 is 17.7 Å². The summed E-state index contributed by atoms with van der Waals surface area (Å²) < 4.78 is 16.8. The van der Waals surface area contributed by atoms with E-state index in [1.165, 1.54) is 27.7 Å². The summed E-state index contributed by atoms with van der Waals surface area (Å²) >= 11 is 0. The zero-order valence-corrected chi connectivity index (χ0v) is 23.6. The number of primary amides is 2. The van der Waals surface area contributed by atoms with Crippen LogP contribution < -0.4 is 25.7 Å². The van der Waals surface area contributed by atoms with Gasteiger partial charge in [-0.05, 0) is 55.7 Å². The Bertz CT molecular complexity index is 1170. The Hall–Kier alpha value is -3.76. The van der Waals surface area contributed by atoms with E-state index in [0.29, 0.717) is 47.9 Å². The molecule has 11 nitrogen and oxygen atoms in total. The van der Waals surface area contributed by atoms with Gasteiger partial charge < -0.3 is 35.6 Å². The molecule has 218 valence electrons. The number of carbonyl (C=O) groups is 3. The van der Waals surface area contributed by atoms with Gasteiger partial charge in [0.05, 0.1) is 39.5 Å². The maximum atomic E-state index is 14.8. The van der Waals surface area contributed by atoms with Gasteiger partial charge in [-0.25, -0.2) is 4.98 Å². The number of aromatic amines is 1. The number of rotatable bonds is 11. The summed E-state index contributed by atoms with van der Waals surface area (Å²) in [6.45, 7) is 0.294. The van der Waals surface area contributed by atoms with Crippen LogP contribution in [0.25, 0.3) is 0 Å². The van der Waals surface area contributed by atoms with Crippen LogP contribution in [-0.4, -0.2) is 66.0 Å². The van der Waals surface area contributed by atoms with Crippen molar-refractivity contribution < 1.29 is 28.6 Å². The second-order valence-corrected chi connectivity index (χ2v) is 10.8. The second-order valence-electron chi connectivity index (χ2n) is 10.8. The molecule has 5 N–H and O–H groups in total. The highest BCUT2D eigenvalue weighted by Gasteiger charge is 2.55. The van der Waals surface area contributed by atoms with Crippen molar-refractivity contribution in [3.8, 4) is 17.2 Å². The molecule has 1 unspecified atom stereocenters. The van der Waals surface area contributed by atoms with Crippen molar-refractivity contribution in [1.29, 1.82) is 0 Å². The minimum Gasteiger partial charge on any atom is -0.493 e. The highest BCUT2D eigenvalue weighted by atomic mass is 16.5. The SMILES string of the molecule is COc1cc([C@@H](C(=O)N2CCCCC2(C(N)=O)[C@H](Cc2cnc[nH]2)C(N)=O)C2CCCCC2)cc(OC)c1OC. The third-order valence-electron chi connectivity index (χ3n) is 8.70. The largest absolute Gasteiger partial charge is 0.493 e. The summed E-state index contributed by atoms with van der Waals surface area (Å²) in [6, 6.07) is 3.62. The number of H-pyrrole nitrogens is 1. The van der Waals surface area contributed by atoms with E-state index in [-0.39, 0.29) is 24.7 Å². The van der Waals surface area contributed by atoms with Crippen LogP contribution in [0.5, 0.6) is 17.2 Å². The molecule has 1 aliphatic carbocycles. The van der Waals surface area contributed by atoms with E-state index in [2.05, 4.69) is 9.97 Å². The van der Waals surface area contributed by atoms with Crippen LogP contribution in [-0.2, 0) is 20.8 Å². The molecular weight excluding hydrogens is 514 g/mol. The lowest BCUT2D eigenvalue weighted by atomic mass is 9.70. The molecule has 0 bridgehead atoms. The molecule has 3 atom stereocenters. The Labute approximate surface area is 234 Å². The molecule has 2 heterocycles. The number of aromatic nitrogens is 2. The molecule has 0 spiro atoms. The average molecular weight is 556 g/mol. The summed E-state index contributed by atoms with van der Waals surface area (Å²) in [5.41, 5.74) is 11.8. The van der Waals surface area contributed by atoms with Crippen molar-refractivity contribution in [2.75, 3.05) is 27.9 Å². The lowest BCUT2D eigenvalue weighted by molar-refractivity contribution is -0.159. The van der Waals surface area contributed by atoms with E-state index in [1.54, 1.807) is 11.1 Å². The predicted octanol–water partition coefficient (Wildman–Crippen LogP) is 2.68. The molecule has 3 amide bonds. The Morgan fingerprint density at radius 3 is 2.23 bits per heavy atom. The molecule has 1 aromatic heterocycles. The molecular formula is C29H41N5O6. The number of methoxy groups -OCH3 is 3. The zero-order valence-electron chi connectivity index (χ0n) is 23.6. The number of nitrogens with zero attached hydrogens (tertiary/aromatic N) is 2. The Morgan fingerprint density at radius 1 is 1.02 bits per heavy atom. The van der Waals surface area contributed by atoms with Crippen molar-refractivity contribution in [2.24, 2.45) is 23.3 Å². The Morgan fingerprint density at radius 2 is 1.70 bits per heavy atom. The molecule has 1 saturated carbocycles. The number of amides is 3. The van der Waals surface area contributed by atoms with Crippen LogP contribution in [0, 0.1) is 11.8 Å². The van der Waals surface area contributed by atoms with Gasteiger partial charge in [0.1, 0.15) is 5.54 Å².